The highest BCUT2D eigenvalue weighted by molar-refractivity contribution is 5.40. The third-order valence-electron chi connectivity index (χ3n) is 5.41. The van der Waals surface area contributed by atoms with E-state index in [4.69, 9.17) is 0 Å². The minimum Gasteiger partial charge on any atom is -0.310 e. The van der Waals surface area contributed by atoms with Crippen molar-refractivity contribution in [3.05, 3.63) is 34.4 Å². The number of benzene rings is 1. The van der Waals surface area contributed by atoms with Crippen LogP contribution in [-0.2, 0) is 0 Å². The van der Waals surface area contributed by atoms with E-state index in [2.05, 4.69) is 52.1 Å². The van der Waals surface area contributed by atoms with Crippen LogP contribution in [0.2, 0.25) is 0 Å². The number of rotatable bonds is 5. The molecule has 1 unspecified atom stereocenters. The lowest BCUT2D eigenvalue weighted by Crippen LogP contribution is -2.32. The van der Waals surface area contributed by atoms with Gasteiger partial charge in [0.1, 0.15) is 0 Å². The van der Waals surface area contributed by atoms with E-state index in [0.717, 1.165) is 18.4 Å². The molecule has 1 atom stereocenters. The van der Waals surface area contributed by atoms with E-state index >= 15 is 0 Å². The van der Waals surface area contributed by atoms with Crippen molar-refractivity contribution in [2.45, 2.75) is 72.8 Å². The molecule has 0 radical (unpaired) electrons. The zero-order chi connectivity index (χ0) is 15.4. The molecule has 1 N–H and O–H groups in total. The molecule has 1 nitrogen and oxygen atoms in total. The molecule has 0 aromatic heterocycles. The molecule has 1 heteroatoms. The molecule has 21 heavy (non-hydrogen) atoms. The first-order valence-corrected chi connectivity index (χ1v) is 8.87. The fourth-order valence-corrected chi connectivity index (χ4v) is 4.34. The summed E-state index contributed by atoms with van der Waals surface area (Å²) >= 11 is 0. The van der Waals surface area contributed by atoms with Crippen LogP contribution >= 0.6 is 0 Å². The summed E-state index contributed by atoms with van der Waals surface area (Å²) in [6.45, 7) is 12.4. The van der Waals surface area contributed by atoms with Crippen LogP contribution in [0.25, 0.3) is 0 Å². The molecule has 1 fully saturated rings. The molecule has 1 aliphatic rings. The zero-order valence-electron chi connectivity index (χ0n) is 14.6. The Bertz CT molecular complexity index is 432. The Morgan fingerprint density at radius 3 is 2.05 bits per heavy atom. The Labute approximate surface area is 131 Å². The number of nitrogens with one attached hydrogen (secondary N) is 1. The molecule has 0 amide bonds. The number of aryl methyl sites for hydroxylation is 3. The average molecular weight is 287 g/mol. The van der Waals surface area contributed by atoms with Crippen LogP contribution in [0.5, 0.6) is 0 Å². The lowest BCUT2D eigenvalue weighted by molar-refractivity contribution is 0.219. The lowest BCUT2D eigenvalue weighted by atomic mass is 9.74. The minimum atomic E-state index is 0.549. The van der Waals surface area contributed by atoms with E-state index in [1.165, 1.54) is 48.8 Å². The standard InChI is InChI=1S/C20H33N/c1-6-17-8-10-18(11-9-17)20(21-7-2)19-15(4)12-14(3)13-16(19)5/h12-13,17-18,20-21H,6-11H2,1-5H3. The second-order valence-corrected chi connectivity index (χ2v) is 7.04. The van der Waals surface area contributed by atoms with E-state index in [0.29, 0.717) is 6.04 Å². The predicted molar refractivity (Wildman–Crippen MR) is 92.8 cm³/mol. The van der Waals surface area contributed by atoms with Gasteiger partial charge in [-0.05, 0) is 68.7 Å². The van der Waals surface area contributed by atoms with Crippen molar-refractivity contribution in [3.63, 3.8) is 0 Å². The van der Waals surface area contributed by atoms with Gasteiger partial charge in [0.25, 0.3) is 0 Å². The summed E-state index contributed by atoms with van der Waals surface area (Å²) in [6, 6.07) is 5.25. The molecule has 2 rings (SSSR count). The van der Waals surface area contributed by atoms with Crippen LogP contribution in [0.15, 0.2) is 12.1 Å². The highest BCUT2D eigenvalue weighted by atomic mass is 14.9. The van der Waals surface area contributed by atoms with Crippen molar-refractivity contribution >= 4 is 0 Å². The second kappa shape index (κ2) is 7.45. The number of hydrogen-bond donors (Lipinski definition) is 1. The van der Waals surface area contributed by atoms with Crippen molar-refractivity contribution in [2.24, 2.45) is 11.8 Å². The predicted octanol–water partition coefficient (Wildman–Crippen LogP) is 5.48. The normalized spacial score (nSPS) is 24.0. The van der Waals surface area contributed by atoms with Crippen molar-refractivity contribution in [1.29, 1.82) is 0 Å². The molecule has 118 valence electrons. The van der Waals surface area contributed by atoms with Gasteiger partial charge in [-0.15, -0.1) is 0 Å². The maximum absolute atomic E-state index is 3.80. The Balaban J connectivity index is 2.23. The molecule has 0 bridgehead atoms. The van der Waals surface area contributed by atoms with Crippen molar-refractivity contribution in [3.8, 4) is 0 Å². The van der Waals surface area contributed by atoms with Gasteiger partial charge >= 0.3 is 0 Å². The summed E-state index contributed by atoms with van der Waals surface area (Å²) in [6.07, 6.45) is 6.99. The van der Waals surface area contributed by atoms with Crippen molar-refractivity contribution in [2.75, 3.05) is 6.54 Å². The van der Waals surface area contributed by atoms with Gasteiger partial charge in [-0.25, -0.2) is 0 Å². The maximum atomic E-state index is 3.80. The second-order valence-electron chi connectivity index (χ2n) is 7.04. The van der Waals surface area contributed by atoms with Crippen LogP contribution in [0.1, 0.15) is 74.2 Å². The quantitative estimate of drug-likeness (QED) is 0.756. The first-order chi connectivity index (χ1) is 10.1. The fraction of sp³-hybridized carbons (Fsp3) is 0.700. The summed E-state index contributed by atoms with van der Waals surface area (Å²) in [7, 11) is 0. The maximum Gasteiger partial charge on any atom is 0.0353 e. The minimum absolute atomic E-state index is 0.549. The molecular weight excluding hydrogens is 254 g/mol. The average Bonchev–Trinajstić information content (AvgIpc) is 2.45. The Kier molecular flexibility index (Phi) is 5.87. The molecule has 0 heterocycles. The lowest BCUT2D eigenvalue weighted by Gasteiger charge is -2.36. The van der Waals surface area contributed by atoms with Crippen molar-refractivity contribution in [1.82, 2.24) is 5.32 Å². The largest absolute Gasteiger partial charge is 0.310 e. The van der Waals surface area contributed by atoms with E-state index in [-0.39, 0.29) is 0 Å². The van der Waals surface area contributed by atoms with Crippen LogP contribution in [0.4, 0.5) is 0 Å². The molecule has 1 saturated carbocycles. The van der Waals surface area contributed by atoms with Gasteiger partial charge in [-0.3, -0.25) is 0 Å². The SMILES string of the molecule is CCNC(c1c(C)cc(C)cc1C)C1CCC(CC)CC1. The van der Waals surface area contributed by atoms with Gasteiger partial charge in [0.15, 0.2) is 0 Å². The first kappa shape index (κ1) is 16.5. The zero-order valence-corrected chi connectivity index (χ0v) is 14.6. The highest BCUT2D eigenvalue weighted by Gasteiger charge is 2.29. The fourth-order valence-electron chi connectivity index (χ4n) is 4.34. The van der Waals surface area contributed by atoms with Gasteiger partial charge in [-0.2, -0.15) is 0 Å². The van der Waals surface area contributed by atoms with Gasteiger partial charge < -0.3 is 5.32 Å². The van der Waals surface area contributed by atoms with Gasteiger partial charge in [-0.1, -0.05) is 50.8 Å². The molecule has 0 spiro atoms. The molecule has 1 aliphatic carbocycles. The summed E-state index contributed by atoms with van der Waals surface area (Å²) in [5.74, 6) is 1.79. The third-order valence-corrected chi connectivity index (χ3v) is 5.41. The van der Waals surface area contributed by atoms with Gasteiger partial charge in [0.05, 0.1) is 0 Å². The van der Waals surface area contributed by atoms with E-state index in [9.17, 15) is 0 Å². The summed E-state index contributed by atoms with van der Waals surface area (Å²) in [5, 5.41) is 3.80. The molecule has 0 saturated heterocycles. The topological polar surface area (TPSA) is 12.0 Å². The Morgan fingerprint density at radius 1 is 1.00 bits per heavy atom. The summed E-state index contributed by atoms with van der Waals surface area (Å²) in [5.41, 5.74) is 5.90. The monoisotopic (exact) mass is 287 g/mol. The van der Waals surface area contributed by atoms with E-state index in [1.54, 1.807) is 5.56 Å². The van der Waals surface area contributed by atoms with E-state index in [1.807, 2.05) is 0 Å². The van der Waals surface area contributed by atoms with E-state index < -0.39 is 0 Å². The van der Waals surface area contributed by atoms with Crippen molar-refractivity contribution < 1.29 is 0 Å². The summed E-state index contributed by atoms with van der Waals surface area (Å²) in [4.78, 5) is 0. The first-order valence-electron chi connectivity index (χ1n) is 8.87. The van der Waals surface area contributed by atoms with Crippen LogP contribution in [-0.4, -0.2) is 6.54 Å². The van der Waals surface area contributed by atoms with Crippen LogP contribution in [0, 0.1) is 32.6 Å². The number of hydrogen-bond acceptors (Lipinski definition) is 1. The smallest absolute Gasteiger partial charge is 0.0353 e. The summed E-state index contributed by atoms with van der Waals surface area (Å²) < 4.78 is 0. The Hall–Kier alpha value is -0.820. The van der Waals surface area contributed by atoms with Crippen LogP contribution in [0.3, 0.4) is 0 Å². The molecular formula is C20H33N. The molecule has 1 aromatic carbocycles. The molecule has 1 aromatic rings. The van der Waals surface area contributed by atoms with Gasteiger partial charge in [0, 0.05) is 6.04 Å². The molecule has 0 aliphatic heterocycles. The Morgan fingerprint density at radius 2 is 1.57 bits per heavy atom. The van der Waals surface area contributed by atoms with Gasteiger partial charge in [0.2, 0.25) is 0 Å². The van der Waals surface area contributed by atoms with Crippen LogP contribution < -0.4 is 5.32 Å². The third kappa shape index (κ3) is 3.88. The highest BCUT2D eigenvalue weighted by Crippen LogP contribution is 2.39.